The second-order valence-corrected chi connectivity index (χ2v) is 5.46. The molecule has 1 amide bonds. The zero-order valence-corrected chi connectivity index (χ0v) is 11.3. The molecule has 0 aromatic carbocycles. The third kappa shape index (κ3) is 2.98. The summed E-state index contributed by atoms with van der Waals surface area (Å²) < 4.78 is 7.07. The standard InChI is InChI=1S/C12H14N4O2S/c1-8-6-11(18-15-8)14-10(17)7-19-12-13-4-5-16(12)9-2-3-9/h4-6,9H,2-3,7H2,1H3,(H,14,17). The van der Waals surface area contributed by atoms with Crippen LogP contribution in [-0.4, -0.2) is 26.4 Å². The van der Waals surface area contributed by atoms with Crippen molar-refractivity contribution < 1.29 is 9.32 Å². The molecule has 1 aliphatic rings. The van der Waals surface area contributed by atoms with E-state index in [1.54, 1.807) is 19.2 Å². The zero-order valence-electron chi connectivity index (χ0n) is 10.5. The van der Waals surface area contributed by atoms with Crippen LogP contribution in [0.4, 0.5) is 5.88 Å². The molecule has 7 heteroatoms. The van der Waals surface area contributed by atoms with Gasteiger partial charge >= 0.3 is 0 Å². The second-order valence-electron chi connectivity index (χ2n) is 4.52. The van der Waals surface area contributed by atoms with Crippen LogP contribution in [0.3, 0.4) is 0 Å². The van der Waals surface area contributed by atoms with E-state index in [4.69, 9.17) is 4.52 Å². The van der Waals surface area contributed by atoms with Crippen LogP contribution >= 0.6 is 11.8 Å². The molecule has 0 atom stereocenters. The maximum absolute atomic E-state index is 11.8. The summed E-state index contributed by atoms with van der Waals surface area (Å²) in [4.78, 5) is 16.0. The first-order valence-corrected chi connectivity index (χ1v) is 7.10. The highest BCUT2D eigenvalue weighted by molar-refractivity contribution is 7.99. The predicted molar refractivity (Wildman–Crippen MR) is 71.1 cm³/mol. The van der Waals surface area contributed by atoms with Gasteiger partial charge in [0.2, 0.25) is 11.8 Å². The van der Waals surface area contributed by atoms with E-state index in [1.807, 2.05) is 6.20 Å². The van der Waals surface area contributed by atoms with E-state index in [-0.39, 0.29) is 5.91 Å². The second kappa shape index (κ2) is 5.08. The molecule has 100 valence electrons. The highest BCUT2D eigenvalue weighted by atomic mass is 32.2. The molecule has 1 aliphatic carbocycles. The van der Waals surface area contributed by atoms with Gasteiger partial charge in [-0.3, -0.25) is 10.1 Å². The van der Waals surface area contributed by atoms with Gasteiger partial charge in [0.15, 0.2) is 5.16 Å². The fraction of sp³-hybridized carbons (Fsp3) is 0.417. The Morgan fingerprint density at radius 2 is 2.47 bits per heavy atom. The highest BCUT2D eigenvalue weighted by Crippen LogP contribution is 2.37. The maximum atomic E-state index is 11.8. The topological polar surface area (TPSA) is 73.0 Å². The van der Waals surface area contributed by atoms with Gasteiger partial charge in [0.05, 0.1) is 11.4 Å². The zero-order chi connectivity index (χ0) is 13.2. The molecular weight excluding hydrogens is 264 g/mol. The lowest BCUT2D eigenvalue weighted by molar-refractivity contribution is -0.113. The van der Waals surface area contributed by atoms with Gasteiger partial charge in [-0.15, -0.1) is 0 Å². The molecule has 0 aliphatic heterocycles. The molecule has 19 heavy (non-hydrogen) atoms. The fourth-order valence-electron chi connectivity index (χ4n) is 1.77. The number of hydrogen-bond acceptors (Lipinski definition) is 5. The summed E-state index contributed by atoms with van der Waals surface area (Å²) in [6.07, 6.45) is 6.15. The summed E-state index contributed by atoms with van der Waals surface area (Å²) in [6.45, 7) is 1.81. The summed E-state index contributed by atoms with van der Waals surface area (Å²) in [7, 11) is 0. The van der Waals surface area contributed by atoms with Crippen molar-refractivity contribution in [2.24, 2.45) is 0 Å². The Morgan fingerprint density at radius 1 is 1.63 bits per heavy atom. The lowest BCUT2D eigenvalue weighted by Crippen LogP contribution is -2.14. The molecular formula is C12H14N4O2S. The molecule has 1 fully saturated rings. The van der Waals surface area contributed by atoms with Crippen molar-refractivity contribution in [2.75, 3.05) is 11.1 Å². The number of carbonyl (C=O) groups excluding carboxylic acids is 1. The fourth-order valence-corrected chi connectivity index (χ4v) is 2.59. The maximum Gasteiger partial charge on any atom is 0.237 e. The first-order valence-electron chi connectivity index (χ1n) is 6.11. The molecule has 3 rings (SSSR count). The van der Waals surface area contributed by atoms with Gasteiger partial charge in [-0.1, -0.05) is 16.9 Å². The first-order chi connectivity index (χ1) is 9.22. The molecule has 6 nitrogen and oxygen atoms in total. The molecule has 0 saturated heterocycles. The van der Waals surface area contributed by atoms with Gasteiger partial charge in [0.25, 0.3) is 0 Å². The number of nitrogens with zero attached hydrogens (tertiary/aromatic N) is 3. The van der Waals surface area contributed by atoms with E-state index < -0.39 is 0 Å². The van der Waals surface area contributed by atoms with Crippen LogP contribution in [0.1, 0.15) is 24.6 Å². The number of rotatable bonds is 5. The van der Waals surface area contributed by atoms with E-state index in [1.165, 1.54) is 24.6 Å². The van der Waals surface area contributed by atoms with Gasteiger partial charge in [0.1, 0.15) is 0 Å². The summed E-state index contributed by atoms with van der Waals surface area (Å²) in [5.74, 6) is 0.573. The van der Waals surface area contributed by atoms with Gasteiger partial charge in [-0.05, 0) is 19.8 Å². The number of imidazole rings is 1. The van der Waals surface area contributed by atoms with Crippen molar-refractivity contribution in [3.63, 3.8) is 0 Å². The molecule has 0 spiro atoms. The summed E-state index contributed by atoms with van der Waals surface area (Å²) in [5, 5.41) is 7.27. The Morgan fingerprint density at radius 3 is 3.16 bits per heavy atom. The summed E-state index contributed by atoms with van der Waals surface area (Å²) in [5.41, 5.74) is 0.743. The Hall–Kier alpha value is -1.76. The summed E-state index contributed by atoms with van der Waals surface area (Å²) in [6, 6.07) is 2.26. The largest absolute Gasteiger partial charge is 0.338 e. The number of anilines is 1. The number of carbonyl (C=O) groups is 1. The normalized spacial score (nSPS) is 14.6. The minimum atomic E-state index is -0.119. The smallest absolute Gasteiger partial charge is 0.237 e. The molecule has 0 radical (unpaired) electrons. The minimum Gasteiger partial charge on any atom is -0.338 e. The van der Waals surface area contributed by atoms with Crippen LogP contribution in [0, 0.1) is 6.92 Å². The number of aryl methyl sites for hydroxylation is 1. The van der Waals surface area contributed by atoms with Crippen LogP contribution in [0.25, 0.3) is 0 Å². The molecule has 2 heterocycles. The molecule has 0 bridgehead atoms. The quantitative estimate of drug-likeness (QED) is 0.849. The van der Waals surface area contributed by atoms with Crippen LogP contribution in [0.2, 0.25) is 0 Å². The van der Waals surface area contributed by atoms with E-state index in [2.05, 4.69) is 20.0 Å². The number of thioether (sulfide) groups is 1. The van der Waals surface area contributed by atoms with Gasteiger partial charge in [-0.25, -0.2) is 4.98 Å². The van der Waals surface area contributed by atoms with Gasteiger partial charge in [-0.2, -0.15) is 0 Å². The van der Waals surface area contributed by atoms with E-state index in [0.717, 1.165) is 10.9 Å². The summed E-state index contributed by atoms with van der Waals surface area (Å²) >= 11 is 1.43. The number of nitrogens with one attached hydrogen (secondary N) is 1. The lowest BCUT2D eigenvalue weighted by atomic mass is 10.5. The Labute approximate surface area is 114 Å². The van der Waals surface area contributed by atoms with Crippen LogP contribution in [-0.2, 0) is 4.79 Å². The number of amides is 1. The Balaban J connectivity index is 1.54. The third-order valence-corrected chi connectivity index (χ3v) is 3.78. The van der Waals surface area contributed by atoms with Crippen LogP contribution < -0.4 is 5.32 Å². The monoisotopic (exact) mass is 278 g/mol. The van der Waals surface area contributed by atoms with E-state index in [0.29, 0.717) is 17.7 Å². The van der Waals surface area contributed by atoms with Crippen LogP contribution in [0.5, 0.6) is 0 Å². The lowest BCUT2D eigenvalue weighted by Gasteiger charge is -2.05. The molecule has 2 aromatic heterocycles. The van der Waals surface area contributed by atoms with Crippen molar-refractivity contribution in [1.29, 1.82) is 0 Å². The SMILES string of the molecule is Cc1cc(NC(=O)CSc2nccn2C2CC2)on1. The Kier molecular flexibility index (Phi) is 3.29. The molecule has 0 unspecified atom stereocenters. The first kappa shape index (κ1) is 12.3. The molecule has 1 saturated carbocycles. The van der Waals surface area contributed by atoms with Crippen LogP contribution in [0.15, 0.2) is 28.1 Å². The molecule has 2 aromatic rings. The van der Waals surface area contributed by atoms with E-state index >= 15 is 0 Å². The average Bonchev–Trinajstić information content (AvgIpc) is 2.98. The number of aromatic nitrogens is 3. The minimum absolute atomic E-state index is 0.119. The van der Waals surface area contributed by atoms with Gasteiger partial charge < -0.3 is 9.09 Å². The highest BCUT2D eigenvalue weighted by Gasteiger charge is 2.25. The van der Waals surface area contributed by atoms with Crippen molar-refractivity contribution >= 4 is 23.6 Å². The Bertz CT molecular complexity index is 588. The van der Waals surface area contributed by atoms with E-state index in [9.17, 15) is 4.79 Å². The molecule has 1 N–H and O–H groups in total. The van der Waals surface area contributed by atoms with Crippen molar-refractivity contribution in [3.8, 4) is 0 Å². The van der Waals surface area contributed by atoms with Crippen molar-refractivity contribution in [2.45, 2.75) is 31.0 Å². The third-order valence-electron chi connectivity index (χ3n) is 2.80. The van der Waals surface area contributed by atoms with Crippen molar-refractivity contribution in [1.82, 2.24) is 14.7 Å². The number of hydrogen-bond donors (Lipinski definition) is 1. The predicted octanol–water partition coefficient (Wildman–Crippen LogP) is 2.25. The van der Waals surface area contributed by atoms with Crippen molar-refractivity contribution in [3.05, 3.63) is 24.2 Å². The average molecular weight is 278 g/mol. The van der Waals surface area contributed by atoms with Gasteiger partial charge in [0, 0.05) is 24.5 Å².